The molecule has 2 heterocycles. The molecule has 0 atom stereocenters. The topological polar surface area (TPSA) is 64.1 Å². The second-order valence-electron chi connectivity index (χ2n) is 12.4. The van der Waals surface area contributed by atoms with Gasteiger partial charge in [-0.25, -0.2) is 9.37 Å². The number of pyridine rings is 1. The highest BCUT2D eigenvalue weighted by molar-refractivity contribution is 6.42. The molecule has 7 nitrogen and oxygen atoms in total. The Balaban J connectivity index is 0.00000541. The maximum absolute atomic E-state index is 13.9. The molecule has 0 aliphatic carbocycles. The zero-order valence-electron chi connectivity index (χ0n) is 28.9. The first-order chi connectivity index (χ1) is 25.2. The van der Waals surface area contributed by atoms with Crippen LogP contribution in [0.3, 0.4) is 0 Å². The van der Waals surface area contributed by atoms with E-state index in [4.69, 9.17) is 49.0 Å². The number of amides is 1. The predicted molar refractivity (Wildman–Crippen MR) is 211 cm³/mol. The number of hydrogen-bond acceptors (Lipinski definition) is 6. The minimum absolute atomic E-state index is 0. The van der Waals surface area contributed by atoms with Gasteiger partial charge in [0.25, 0.3) is 0 Å². The van der Waals surface area contributed by atoms with E-state index in [1.54, 1.807) is 60.7 Å². The van der Waals surface area contributed by atoms with E-state index in [2.05, 4.69) is 34.1 Å². The lowest BCUT2D eigenvalue weighted by molar-refractivity contribution is -0.127. The molecular formula is C41H38Cl4FN3O4. The zero-order chi connectivity index (χ0) is 36.5. The second-order valence-corrected chi connectivity index (χ2v) is 13.6. The summed E-state index contributed by atoms with van der Waals surface area (Å²) < 4.78 is 31.3. The number of benzene rings is 4. The summed E-state index contributed by atoms with van der Waals surface area (Å²) in [5.74, 6) is 1.62. The van der Waals surface area contributed by atoms with Crippen LogP contribution in [0.4, 0.5) is 4.39 Å². The van der Waals surface area contributed by atoms with Gasteiger partial charge in [-0.3, -0.25) is 9.69 Å². The molecule has 276 valence electrons. The largest absolute Gasteiger partial charge is 0.493 e. The number of ether oxygens (including phenoxy) is 3. The number of hydrogen-bond donors (Lipinski definition) is 0. The van der Waals surface area contributed by atoms with Crippen LogP contribution in [-0.2, 0) is 24.4 Å². The van der Waals surface area contributed by atoms with Crippen molar-refractivity contribution in [2.75, 3.05) is 32.8 Å². The molecule has 1 aliphatic rings. The Kier molecular flexibility index (Phi) is 14.4. The second kappa shape index (κ2) is 19.1. The van der Waals surface area contributed by atoms with Crippen LogP contribution < -0.4 is 14.2 Å². The average molecular weight is 798 g/mol. The summed E-state index contributed by atoms with van der Waals surface area (Å²) in [5, 5.41) is 1.38. The minimum Gasteiger partial charge on any atom is -0.493 e. The van der Waals surface area contributed by atoms with Crippen molar-refractivity contribution in [1.29, 1.82) is 0 Å². The summed E-state index contributed by atoms with van der Waals surface area (Å²) in [6.07, 6.45) is 5.66. The van der Waals surface area contributed by atoms with E-state index in [-0.39, 0.29) is 30.7 Å². The van der Waals surface area contributed by atoms with Crippen molar-refractivity contribution < 1.29 is 23.4 Å². The summed E-state index contributed by atoms with van der Waals surface area (Å²) in [5.41, 5.74) is 4.46. The Labute approximate surface area is 330 Å². The van der Waals surface area contributed by atoms with Crippen molar-refractivity contribution in [2.24, 2.45) is 0 Å². The molecule has 6 rings (SSSR count). The third kappa shape index (κ3) is 11.3. The quantitative estimate of drug-likeness (QED) is 0.111. The van der Waals surface area contributed by atoms with Crippen molar-refractivity contribution in [2.45, 2.75) is 26.5 Å². The SMILES string of the molecule is Cc1cc(/C=C/C(=O)N2CCN(Cc3ccc(CCOc4ccc(Cl)c(Cl)c4)cc3)CC2)cc(Cl)c1Oc1ccc(OCc2ccccc2F)cn1.Cl. The Bertz CT molecular complexity index is 2000. The first-order valence-electron chi connectivity index (χ1n) is 16.9. The fourth-order valence-electron chi connectivity index (χ4n) is 5.70. The molecule has 0 radical (unpaired) electrons. The smallest absolute Gasteiger partial charge is 0.246 e. The molecule has 12 heteroatoms. The third-order valence-corrected chi connectivity index (χ3v) is 9.62. The van der Waals surface area contributed by atoms with E-state index in [1.165, 1.54) is 23.4 Å². The van der Waals surface area contributed by atoms with Crippen molar-refractivity contribution >= 4 is 59.2 Å². The number of halogens is 5. The Morgan fingerprint density at radius 2 is 1.57 bits per heavy atom. The van der Waals surface area contributed by atoms with Gasteiger partial charge in [0.05, 0.1) is 27.9 Å². The van der Waals surface area contributed by atoms with Crippen LogP contribution in [0.15, 0.2) is 103 Å². The third-order valence-electron chi connectivity index (χ3n) is 8.60. The molecule has 4 aromatic carbocycles. The van der Waals surface area contributed by atoms with Crippen LogP contribution in [0.1, 0.15) is 27.8 Å². The normalized spacial score (nSPS) is 13.1. The number of piperazine rings is 1. The summed E-state index contributed by atoms with van der Waals surface area (Å²) in [6, 6.07) is 27.3. The van der Waals surface area contributed by atoms with Gasteiger partial charge in [0, 0.05) is 62.9 Å². The molecule has 0 spiro atoms. The molecule has 53 heavy (non-hydrogen) atoms. The standard InChI is InChI=1S/C41H37Cl3FN3O4.ClH/c1-28-22-31(23-37(44)41(28)52-39-14-12-34(25-46-39)51-27-32-4-2-3-5-38(32)45)10-15-40(49)48-19-17-47(18-20-48)26-30-8-6-29(7-9-30)16-21-50-33-11-13-35(42)36(43)24-33;/h2-15,22-25H,16-21,26-27H2,1H3;1H/b15-10+;. The number of aromatic nitrogens is 1. The Morgan fingerprint density at radius 3 is 2.26 bits per heavy atom. The van der Waals surface area contributed by atoms with E-state index in [0.717, 1.165) is 37.2 Å². The molecule has 1 aliphatic heterocycles. The van der Waals surface area contributed by atoms with Gasteiger partial charge in [0.2, 0.25) is 11.8 Å². The van der Waals surface area contributed by atoms with Gasteiger partial charge >= 0.3 is 0 Å². The van der Waals surface area contributed by atoms with Gasteiger partial charge in [-0.15, -0.1) is 12.4 Å². The fourth-order valence-corrected chi connectivity index (χ4v) is 6.30. The highest BCUT2D eigenvalue weighted by atomic mass is 35.5. The van der Waals surface area contributed by atoms with Gasteiger partial charge in [-0.2, -0.15) is 0 Å². The van der Waals surface area contributed by atoms with E-state index >= 15 is 0 Å². The molecule has 1 aromatic heterocycles. The molecule has 0 unspecified atom stereocenters. The van der Waals surface area contributed by atoms with E-state index in [9.17, 15) is 9.18 Å². The van der Waals surface area contributed by atoms with E-state index in [1.807, 2.05) is 24.0 Å². The lowest BCUT2D eigenvalue weighted by Gasteiger charge is -2.34. The highest BCUT2D eigenvalue weighted by Gasteiger charge is 2.20. The number of carbonyl (C=O) groups is 1. The van der Waals surface area contributed by atoms with Crippen molar-refractivity contribution in [3.8, 4) is 23.1 Å². The summed E-state index contributed by atoms with van der Waals surface area (Å²) in [6.45, 7) is 6.23. The molecule has 5 aromatic rings. The number of rotatable bonds is 13. The molecule has 0 N–H and O–H groups in total. The number of nitrogens with zero attached hydrogens (tertiary/aromatic N) is 3. The Hall–Kier alpha value is -4.31. The van der Waals surface area contributed by atoms with Gasteiger partial charge in [0.15, 0.2) is 5.75 Å². The van der Waals surface area contributed by atoms with Gasteiger partial charge < -0.3 is 19.1 Å². The molecule has 0 bridgehead atoms. The van der Waals surface area contributed by atoms with Crippen LogP contribution in [0, 0.1) is 12.7 Å². The first-order valence-corrected chi connectivity index (χ1v) is 18.0. The summed E-state index contributed by atoms with van der Waals surface area (Å²) >= 11 is 18.6. The molecule has 1 amide bonds. The highest BCUT2D eigenvalue weighted by Crippen LogP contribution is 2.34. The van der Waals surface area contributed by atoms with Crippen LogP contribution in [0.5, 0.6) is 23.1 Å². The van der Waals surface area contributed by atoms with Crippen LogP contribution in [0.25, 0.3) is 6.08 Å². The van der Waals surface area contributed by atoms with Gasteiger partial charge in [-0.05, 0) is 71.7 Å². The van der Waals surface area contributed by atoms with Gasteiger partial charge in [0.1, 0.15) is 23.9 Å². The fraction of sp³-hybridized carbons (Fsp3) is 0.220. The number of carbonyl (C=O) groups excluding carboxylic acids is 1. The van der Waals surface area contributed by atoms with Crippen LogP contribution in [0.2, 0.25) is 15.1 Å². The van der Waals surface area contributed by atoms with Crippen molar-refractivity contribution in [3.05, 3.63) is 152 Å². The van der Waals surface area contributed by atoms with Crippen molar-refractivity contribution in [1.82, 2.24) is 14.8 Å². The first kappa shape index (κ1) is 39.9. The van der Waals surface area contributed by atoms with E-state index < -0.39 is 0 Å². The summed E-state index contributed by atoms with van der Waals surface area (Å²) in [4.78, 5) is 21.6. The lowest BCUT2D eigenvalue weighted by atomic mass is 10.1. The Morgan fingerprint density at radius 1 is 0.830 bits per heavy atom. The van der Waals surface area contributed by atoms with Crippen molar-refractivity contribution in [3.63, 3.8) is 0 Å². The average Bonchev–Trinajstić information content (AvgIpc) is 3.15. The molecular weight excluding hydrogens is 759 g/mol. The molecule has 1 saturated heterocycles. The predicted octanol–water partition coefficient (Wildman–Crippen LogP) is 10.3. The minimum atomic E-state index is -0.321. The zero-order valence-corrected chi connectivity index (χ0v) is 32.0. The summed E-state index contributed by atoms with van der Waals surface area (Å²) in [7, 11) is 0. The number of aryl methyl sites for hydroxylation is 1. The van der Waals surface area contributed by atoms with Crippen LogP contribution in [-0.4, -0.2) is 53.5 Å². The molecule has 0 saturated carbocycles. The molecule has 1 fully saturated rings. The van der Waals surface area contributed by atoms with Gasteiger partial charge in [-0.1, -0.05) is 77.3 Å². The maximum atomic E-state index is 13.9. The van der Waals surface area contributed by atoms with Crippen LogP contribution >= 0.6 is 47.2 Å². The van der Waals surface area contributed by atoms with E-state index in [0.29, 0.717) is 63.5 Å². The maximum Gasteiger partial charge on any atom is 0.246 e. The monoisotopic (exact) mass is 795 g/mol. The lowest BCUT2D eigenvalue weighted by Crippen LogP contribution is -2.47.